The van der Waals surface area contributed by atoms with E-state index in [2.05, 4.69) is 20.6 Å². The Kier molecular flexibility index (Phi) is 5.47. The summed E-state index contributed by atoms with van der Waals surface area (Å²) in [6, 6.07) is 8.91. The lowest BCUT2D eigenvalue weighted by Gasteiger charge is -2.42. The molecular formula is C22H22N4O4. The monoisotopic (exact) mass is 406 g/mol. The summed E-state index contributed by atoms with van der Waals surface area (Å²) >= 11 is 0. The highest BCUT2D eigenvalue weighted by atomic mass is 16.5. The highest BCUT2D eigenvalue weighted by molar-refractivity contribution is 6.39. The SMILES string of the molecule is COc1cc(NC(=O)C(=O)NC2(Cc3ccncc3)CCC2)ccc1-c1cnco1. The molecule has 30 heavy (non-hydrogen) atoms. The molecule has 3 aromatic rings. The van der Waals surface area contributed by atoms with E-state index >= 15 is 0 Å². The molecule has 4 rings (SSSR count). The summed E-state index contributed by atoms with van der Waals surface area (Å²) in [7, 11) is 1.52. The number of oxazole rings is 1. The number of hydrogen-bond donors (Lipinski definition) is 2. The first-order valence-electron chi connectivity index (χ1n) is 9.68. The van der Waals surface area contributed by atoms with Gasteiger partial charge in [0.05, 0.1) is 18.9 Å². The van der Waals surface area contributed by atoms with E-state index in [1.807, 2.05) is 12.1 Å². The van der Waals surface area contributed by atoms with Crippen molar-refractivity contribution in [2.45, 2.75) is 31.2 Å². The van der Waals surface area contributed by atoms with Gasteiger partial charge >= 0.3 is 11.8 Å². The van der Waals surface area contributed by atoms with Crippen molar-refractivity contribution < 1.29 is 18.7 Å². The average Bonchev–Trinajstić information content (AvgIpc) is 3.27. The molecule has 0 atom stereocenters. The maximum absolute atomic E-state index is 12.6. The Labute approximate surface area is 173 Å². The number of carbonyl (C=O) groups excluding carboxylic acids is 2. The fourth-order valence-electron chi connectivity index (χ4n) is 3.65. The van der Waals surface area contributed by atoms with E-state index in [4.69, 9.17) is 9.15 Å². The minimum Gasteiger partial charge on any atom is -0.496 e. The zero-order valence-corrected chi connectivity index (χ0v) is 16.6. The van der Waals surface area contributed by atoms with E-state index in [0.29, 0.717) is 29.2 Å². The minimum absolute atomic E-state index is 0.385. The molecule has 0 aliphatic heterocycles. The van der Waals surface area contributed by atoms with Gasteiger partial charge < -0.3 is 19.8 Å². The number of rotatable bonds is 6. The number of aromatic nitrogens is 2. The number of carbonyl (C=O) groups is 2. The van der Waals surface area contributed by atoms with Gasteiger partial charge in [0.2, 0.25) is 0 Å². The molecule has 1 fully saturated rings. The van der Waals surface area contributed by atoms with Crippen molar-refractivity contribution >= 4 is 17.5 Å². The Balaban J connectivity index is 1.42. The summed E-state index contributed by atoms with van der Waals surface area (Å²) in [6.07, 6.45) is 9.74. The number of hydrogen-bond acceptors (Lipinski definition) is 6. The van der Waals surface area contributed by atoms with Crippen molar-refractivity contribution in [1.82, 2.24) is 15.3 Å². The standard InChI is InChI=1S/C22H22N4O4/c1-29-18-11-16(3-4-17(18)19-13-24-14-30-19)25-20(27)21(28)26-22(7-2-8-22)12-15-5-9-23-10-6-15/h3-6,9-11,13-14H,2,7-8,12H2,1H3,(H,25,27)(H,26,28). The van der Waals surface area contributed by atoms with Gasteiger partial charge in [-0.3, -0.25) is 14.6 Å². The number of nitrogens with one attached hydrogen (secondary N) is 2. The van der Waals surface area contributed by atoms with Gasteiger partial charge in [0.1, 0.15) is 5.75 Å². The maximum Gasteiger partial charge on any atom is 0.313 e. The number of nitrogens with zero attached hydrogens (tertiary/aromatic N) is 2. The van der Waals surface area contributed by atoms with Crippen LogP contribution in [0.2, 0.25) is 0 Å². The van der Waals surface area contributed by atoms with Gasteiger partial charge in [-0.15, -0.1) is 0 Å². The van der Waals surface area contributed by atoms with Crippen molar-refractivity contribution in [2.24, 2.45) is 0 Å². The summed E-state index contributed by atoms with van der Waals surface area (Å²) in [5, 5.41) is 5.57. The van der Waals surface area contributed by atoms with Crippen molar-refractivity contribution in [3.05, 3.63) is 60.9 Å². The lowest BCUT2D eigenvalue weighted by Crippen LogP contribution is -2.57. The van der Waals surface area contributed by atoms with E-state index in [9.17, 15) is 9.59 Å². The van der Waals surface area contributed by atoms with Gasteiger partial charge in [0.15, 0.2) is 12.2 Å². The third-order valence-corrected chi connectivity index (χ3v) is 5.34. The second-order valence-corrected chi connectivity index (χ2v) is 7.36. The molecule has 2 heterocycles. The van der Waals surface area contributed by atoms with E-state index in [1.165, 1.54) is 13.5 Å². The molecule has 2 N–H and O–H groups in total. The number of pyridine rings is 1. The Bertz CT molecular complexity index is 1030. The van der Waals surface area contributed by atoms with Gasteiger partial charge in [-0.25, -0.2) is 4.98 Å². The van der Waals surface area contributed by atoms with E-state index in [0.717, 1.165) is 24.8 Å². The summed E-state index contributed by atoms with van der Waals surface area (Å²) in [5.41, 5.74) is 1.84. The molecule has 0 radical (unpaired) electrons. The molecule has 1 saturated carbocycles. The second-order valence-electron chi connectivity index (χ2n) is 7.36. The molecule has 8 nitrogen and oxygen atoms in total. The topological polar surface area (TPSA) is 106 Å². The van der Waals surface area contributed by atoms with Crippen LogP contribution in [0.1, 0.15) is 24.8 Å². The summed E-state index contributed by atoms with van der Waals surface area (Å²) in [4.78, 5) is 33.0. The van der Waals surface area contributed by atoms with E-state index in [1.54, 1.807) is 36.8 Å². The number of amides is 2. The van der Waals surface area contributed by atoms with Gasteiger partial charge in [0.25, 0.3) is 0 Å². The van der Waals surface area contributed by atoms with Crippen LogP contribution >= 0.6 is 0 Å². The Morgan fingerprint density at radius 1 is 1.13 bits per heavy atom. The third kappa shape index (κ3) is 4.17. The van der Waals surface area contributed by atoms with Crippen LogP contribution in [0, 0.1) is 0 Å². The minimum atomic E-state index is -0.717. The first-order valence-corrected chi connectivity index (χ1v) is 9.68. The third-order valence-electron chi connectivity index (χ3n) is 5.34. The number of anilines is 1. The van der Waals surface area contributed by atoms with Gasteiger partial charge in [-0.2, -0.15) is 0 Å². The first-order chi connectivity index (χ1) is 14.6. The predicted octanol–water partition coefficient (Wildman–Crippen LogP) is 2.97. The van der Waals surface area contributed by atoms with Crippen LogP contribution in [0.5, 0.6) is 5.75 Å². The van der Waals surface area contributed by atoms with Crippen LogP contribution in [0.25, 0.3) is 11.3 Å². The zero-order valence-electron chi connectivity index (χ0n) is 16.6. The molecule has 2 amide bonds. The summed E-state index contributed by atoms with van der Waals surface area (Å²) in [6.45, 7) is 0. The Hall–Kier alpha value is -3.68. The molecule has 1 aromatic carbocycles. The van der Waals surface area contributed by atoms with Crippen molar-refractivity contribution in [3.63, 3.8) is 0 Å². The van der Waals surface area contributed by atoms with Gasteiger partial charge in [0, 0.05) is 29.7 Å². The van der Waals surface area contributed by atoms with Gasteiger partial charge in [-0.1, -0.05) is 0 Å². The van der Waals surface area contributed by atoms with Crippen LogP contribution < -0.4 is 15.4 Å². The molecule has 154 valence electrons. The first kappa shape index (κ1) is 19.6. The molecule has 1 aliphatic rings. The lowest BCUT2D eigenvalue weighted by atomic mass is 9.73. The molecule has 0 unspecified atom stereocenters. The number of ether oxygens (including phenoxy) is 1. The van der Waals surface area contributed by atoms with Crippen LogP contribution in [0.4, 0.5) is 5.69 Å². The van der Waals surface area contributed by atoms with Crippen molar-refractivity contribution in [1.29, 1.82) is 0 Å². The molecule has 2 aromatic heterocycles. The molecule has 0 bridgehead atoms. The van der Waals surface area contributed by atoms with Gasteiger partial charge in [-0.05, 0) is 55.5 Å². The molecule has 0 spiro atoms. The van der Waals surface area contributed by atoms with Crippen LogP contribution in [0.3, 0.4) is 0 Å². The molecular weight excluding hydrogens is 384 g/mol. The fraction of sp³-hybridized carbons (Fsp3) is 0.273. The second kappa shape index (κ2) is 8.36. The quantitative estimate of drug-likeness (QED) is 0.610. The molecule has 1 aliphatic carbocycles. The summed E-state index contributed by atoms with van der Waals surface area (Å²) in [5.74, 6) is -0.323. The maximum atomic E-state index is 12.6. The fourth-order valence-corrected chi connectivity index (χ4v) is 3.65. The highest BCUT2D eigenvalue weighted by Crippen LogP contribution is 2.35. The van der Waals surface area contributed by atoms with E-state index in [-0.39, 0.29) is 5.54 Å². The van der Waals surface area contributed by atoms with Crippen molar-refractivity contribution in [2.75, 3.05) is 12.4 Å². The highest BCUT2D eigenvalue weighted by Gasteiger charge is 2.39. The zero-order chi connectivity index (χ0) is 21.0. The lowest BCUT2D eigenvalue weighted by molar-refractivity contribution is -0.138. The predicted molar refractivity (Wildman–Crippen MR) is 110 cm³/mol. The van der Waals surface area contributed by atoms with Crippen LogP contribution in [0.15, 0.2) is 59.7 Å². The smallest absolute Gasteiger partial charge is 0.313 e. The molecule has 8 heteroatoms. The van der Waals surface area contributed by atoms with E-state index < -0.39 is 11.8 Å². The average molecular weight is 406 g/mol. The number of benzene rings is 1. The molecule has 0 saturated heterocycles. The Morgan fingerprint density at radius 2 is 1.93 bits per heavy atom. The van der Waals surface area contributed by atoms with Crippen LogP contribution in [-0.2, 0) is 16.0 Å². The number of methoxy groups -OCH3 is 1. The normalized spacial score (nSPS) is 14.4. The largest absolute Gasteiger partial charge is 0.496 e. The van der Waals surface area contributed by atoms with Crippen LogP contribution in [-0.4, -0.2) is 34.4 Å². The van der Waals surface area contributed by atoms with Crippen molar-refractivity contribution in [3.8, 4) is 17.1 Å². The summed E-state index contributed by atoms with van der Waals surface area (Å²) < 4.78 is 10.7. The Morgan fingerprint density at radius 3 is 2.57 bits per heavy atom.